The molecule has 0 fully saturated rings. The smallest absolute Gasteiger partial charge is 0.325 e. The summed E-state index contributed by atoms with van der Waals surface area (Å²) in [5, 5.41) is 21.7. The van der Waals surface area contributed by atoms with E-state index in [1.54, 1.807) is 30.3 Å². The molecule has 0 atom stereocenters. The zero-order valence-corrected chi connectivity index (χ0v) is 10.5. The van der Waals surface area contributed by atoms with Crippen molar-refractivity contribution in [3.63, 3.8) is 0 Å². The zero-order chi connectivity index (χ0) is 14.8. The van der Waals surface area contributed by atoms with Gasteiger partial charge in [-0.1, -0.05) is 24.3 Å². The van der Waals surface area contributed by atoms with Gasteiger partial charge in [-0.25, -0.2) is 4.79 Å². The van der Waals surface area contributed by atoms with Gasteiger partial charge in [-0.05, 0) is 24.3 Å². The number of phenols is 2. The van der Waals surface area contributed by atoms with E-state index in [0.717, 1.165) is 0 Å². The molecule has 3 amide bonds. The molecule has 2 aromatic carbocycles. The minimum absolute atomic E-state index is 0.0880. The van der Waals surface area contributed by atoms with Crippen LogP contribution in [0.4, 0.5) is 10.5 Å². The Morgan fingerprint density at radius 1 is 0.950 bits per heavy atom. The molecular formula is C14H14N2O4. The number of imide groups is 1. The molecule has 0 heterocycles. The van der Waals surface area contributed by atoms with Crippen LogP contribution in [0.25, 0.3) is 0 Å². The van der Waals surface area contributed by atoms with Gasteiger partial charge in [0.05, 0.1) is 0 Å². The standard InChI is InChI=1S/C8H8N2O2.C6H6O2/c11-6-9-8(12)10-7-4-2-1-3-5-7;7-5-2-1-3-6(8)4-5/h1-6H,(H2,9,10,11,12);1-4,7-8H. The molecule has 0 unspecified atom stereocenters. The molecule has 0 aliphatic carbocycles. The number of carbonyl (C=O) groups excluding carboxylic acids is 2. The highest BCUT2D eigenvalue weighted by atomic mass is 16.3. The zero-order valence-electron chi connectivity index (χ0n) is 10.5. The molecule has 0 spiro atoms. The third-order valence-electron chi connectivity index (χ3n) is 2.05. The normalized spacial score (nSPS) is 8.80. The van der Waals surface area contributed by atoms with Gasteiger partial charge in [-0.3, -0.25) is 10.1 Å². The van der Waals surface area contributed by atoms with Gasteiger partial charge in [0.25, 0.3) is 0 Å². The average Bonchev–Trinajstić information content (AvgIpc) is 2.40. The van der Waals surface area contributed by atoms with E-state index in [1.807, 2.05) is 11.4 Å². The van der Waals surface area contributed by atoms with Crippen molar-refractivity contribution in [3.05, 3.63) is 54.6 Å². The Morgan fingerprint density at radius 2 is 1.55 bits per heavy atom. The SMILES string of the molecule is O=CNC(=O)Nc1ccccc1.Oc1cccc(O)c1. The van der Waals surface area contributed by atoms with Gasteiger partial charge in [0.2, 0.25) is 6.41 Å². The van der Waals surface area contributed by atoms with Crippen LogP contribution in [0.1, 0.15) is 0 Å². The minimum Gasteiger partial charge on any atom is -0.508 e. The van der Waals surface area contributed by atoms with Crippen molar-refractivity contribution in [3.8, 4) is 11.5 Å². The van der Waals surface area contributed by atoms with Crippen LogP contribution < -0.4 is 10.6 Å². The van der Waals surface area contributed by atoms with E-state index in [-0.39, 0.29) is 11.5 Å². The number of hydrogen-bond acceptors (Lipinski definition) is 4. The Kier molecular flexibility index (Phi) is 6.13. The largest absolute Gasteiger partial charge is 0.508 e. The summed E-state index contributed by atoms with van der Waals surface area (Å²) in [4.78, 5) is 20.6. The summed E-state index contributed by atoms with van der Waals surface area (Å²) >= 11 is 0. The summed E-state index contributed by atoms with van der Waals surface area (Å²) in [6.45, 7) is 0. The topological polar surface area (TPSA) is 98.7 Å². The maximum absolute atomic E-state index is 10.8. The summed E-state index contributed by atoms with van der Waals surface area (Å²) < 4.78 is 0. The molecule has 0 aliphatic rings. The van der Waals surface area contributed by atoms with Crippen LogP contribution in [0, 0.1) is 0 Å². The Labute approximate surface area is 115 Å². The van der Waals surface area contributed by atoms with Crippen molar-refractivity contribution < 1.29 is 19.8 Å². The summed E-state index contributed by atoms with van der Waals surface area (Å²) in [6, 6.07) is 14.2. The number of carbonyl (C=O) groups is 2. The van der Waals surface area contributed by atoms with Gasteiger partial charge in [-0.2, -0.15) is 0 Å². The lowest BCUT2D eigenvalue weighted by Gasteiger charge is -2.01. The number of nitrogens with one attached hydrogen (secondary N) is 2. The molecule has 104 valence electrons. The molecule has 0 aliphatic heterocycles. The fourth-order valence-corrected chi connectivity index (χ4v) is 1.24. The van der Waals surface area contributed by atoms with Gasteiger partial charge in [-0.15, -0.1) is 0 Å². The Bertz CT molecular complexity index is 541. The fourth-order valence-electron chi connectivity index (χ4n) is 1.24. The van der Waals surface area contributed by atoms with Gasteiger partial charge in [0.15, 0.2) is 0 Å². The first kappa shape index (κ1) is 15.0. The number of rotatable bonds is 2. The number of amides is 3. The van der Waals surface area contributed by atoms with Gasteiger partial charge in [0, 0.05) is 11.8 Å². The second-order valence-electron chi connectivity index (χ2n) is 3.60. The summed E-state index contributed by atoms with van der Waals surface area (Å²) in [7, 11) is 0. The van der Waals surface area contributed by atoms with Crippen molar-refractivity contribution in [1.29, 1.82) is 0 Å². The first-order valence-corrected chi connectivity index (χ1v) is 5.66. The third-order valence-corrected chi connectivity index (χ3v) is 2.05. The molecule has 20 heavy (non-hydrogen) atoms. The van der Waals surface area contributed by atoms with Gasteiger partial charge < -0.3 is 15.5 Å². The Hall–Kier alpha value is -3.02. The Balaban J connectivity index is 0.000000217. The van der Waals surface area contributed by atoms with Crippen molar-refractivity contribution in [2.75, 3.05) is 5.32 Å². The van der Waals surface area contributed by atoms with Crippen LogP contribution in [0.2, 0.25) is 0 Å². The van der Waals surface area contributed by atoms with Crippen LogP contribution in [0.5, 0.6) is 11.5 Å². The third kappa shape index (κ3) is 6.06. The molecule has 0 saturated heterocycles. The molecule has 2 rings (SSSR count). The van der Waals surface area contributed by atoms with Crippen molar-refractivity contribution in [1.82, 2.24) is 5.32 Å². The number of urea groups is 1. The molecule has 2 aromatic rings. The highest BCUT2D eigenvalue weighted by molar-refractivity contribution is 5.95. The number of benzene rings is 2. The number of para-hydroxylation sites is 1. The maximum atomic E-state index is 10.8. The van der Waals surface area contributed by atoms with E-state index < -0.39 is 6.03 Å². The fraction of sp³-hybridized carbons (Fsp3) is 0. The van der Waals surface area contributed by atoms with Crippen LogP contribution in [-0.2, 0) is 4.79 Å². The van der Waals surface area contributed by atoms with Gasteiger partial charge >= 0.3 is 6.03 Å². The summed E-state index contributed by atoms with van der Waals surface area (Å²) in [5.41, 5.74) is 0.650. The number of aromatic hydroxyl groups is 2. The number of anilines is 1. The average molecular weight is 274 g/mol. The molecule has 0 saturated carbocycles. The van der Waals surface area contributed by atoms with Gasteiger partial charge in [0.1, 0.15) is 11.5 Å². The lowest BCUT2D eigenvalue weighted by atomic mass is 10.3. The second-order valence-corrected chi connectivity index (χ2v) is 3.60. The lowest BCUT2D eigenvalue weighted by molar-refractivity contribution is -0.108. The van der Waals surface area contributed by atoms with Crippen LogP contribution >= 0.6 is 0 Å². The van der Waals surface area contributed by atoms with Crippen LogP contribution in [0.3, 0.4) is 0 Å². The molecule has 6 nitrogen and oxygen atoms in total. The highest BCUT2D eigenvalue weighted by Crippen LogP contribution is 2.14. The highest BCUT2D eigenvalue weighted by Gasteiger charge is 1.96. The van der Waals surface area contributed by atoms with Crippen molar-refractivity contribution in [2.24, 2.45) is 0 Å². The van der Waals surface area contributed by atoms with E-state index >= 15 is 0 Å². The molecule has 4 N–H and O–H groups in total. The quantitative estimate of drug-likeness (QED) is 0.630. The van der Waals surface area contributed by atoms with E-state index in [9.17, 15) is 9.59 Å². The maximum Gasteiger partial charge on any atom is 0.325 e. The molecule has 0 radical (unpaired) electrons. The first-order valence-electron chi connectivity index (χ1n) is 5.66. The van der Waals surface area contributed by atoms with Crippen molar-refractivity contribution >= 4 is 18.1 Å². The molecule has 0 bridgehead atoms. The van der Waals surface area contributed by atoms with Crippen LogP contribution in [-0.4, -0.2) is 22.7 Å². The summed E-state index contributed by atoms with van der Waals surface area (Å²) in [5.74, 6) is 0.176. The van der Waals surface area contributed by atoms with E-state index in [0.29, 0.717) is 12.1 Å². The summed E-state index contributed by atoms with van der Waals surface area (Å²) in [6.07, 6.45) is 0.332. The Morgan fingerprint density at radius 3 is 2.00 bits per heavy atom. The second kappa shape index (κ2) is 8.15. The van der Waals surface area contributed by atoms with E-state index in [4.69, 9.17) is 10.2 Å². The predicted molar refractivity (Wildman–Crippen MR) is 74.4 cm³/mol. The number of hydrogen-bond donors (Lipinski definition) is 4. The van der Waals surface area contributed by atoms with Crippen LogP contribution in [0.15, 0.2) is 54.6 Å². The predicted octanol–water partition coefficient (Wildman–Crippen LogP) is 2.06. The molecule has 0 aromatic heterocycles. The lowest BCUT2D eigenvalue weighted by Crippen LogP contribution is -2.26. The minimum atomic E-state index is -0.531. The molecule has 6 heteroatoms. The number of phenolic OH excluding ortho intramolecular Hbond substituents is 2. The monoisotopic (exact) mass is 274 g/mol. The van der Waals surface area contributed by atoms with E-state index in [2.05, 4.69) is 5.32 Å². The van der Waals surface area contributed by atoms with E-state index in [1.165, 1.54) is 18.2 Å². The van der Waals surface area contributed by atoms with Crippen molar-refractivity contribution in [2.45, 2.75) is 0 Å². The molecular weight excluding hydrogens is 260 g/mol. The first-order chi connectivity index (χ1) is 9.61.